The molecule has 57 heavy (non-hydrogen) atoms. The van der Waals surface area contributed by atoms with Gasteiger partial charge in [-0.3, -0.25) is 33.9 Å². The van der Waals surface area contributed by atoms with Crippen LogP contribution in [0.5, 0.6) is 0 Å². The van der Waals surface area contributed by atoms with Crippen LogP contribution >= 0.6 is 0 Å². The zero-order chi connectivity index (χ0) is 43.3. The number of hydrogen-bond donors (Lipinski definition) is 0. The van der Waals surface area contributed by atoms with Crippen molar-refractivity contribution in [2.45, 2.75) is 221 Å². The summed E-state index contributed by atoms with van der Waals surface area (Å²) in [5.41, 5.74) is -3.60. The summed E-state index contributed by atoms with van der Waals surface area (Å²) in [6.07, 6.45) is 19.3. The Labute approximate surface area is 349 Å². The molecule has 0 aliphatic carbocycles. The minimum Gasteiger partial charge on any atom is -0.459 e. The van der Waals surface area contributed by atoms with E-state index in [0.717, 1.165) is 19.3 Å². The van der Waals surface area contributed by atoms with Gasteiger partial charge < -0.3 is 18.9 Å². The molecule has 11 heteroatoms. The summed E-state index contributed by atoms with van der Waals surface area (Å²) < 4.78 is 23.2. The van der Waals surface area contributed by atoms with Gasteiger partial charge in [0.2, 0.25) is 0 Å². The number of rotatable bonds is 25. The molecule has 0 bridgehead atoms. The lowest BCUT2D eigenvalue weighted by Gasteiger charge is -2.46. The Kier molecular flexibility index (Phi) is 23.5. The molecule has 0 aromatic heterocycles. The molecular weight excluding hydrogens is 723 g/mol. The zero-order valence-corrected chi connectivity index (χ0v) is 39.1. The summed E-state index contributed by atoms with van der Waals surface area (Å²) in [7, 11) is 0. The van der Waals surface area contributed by atoms with E-state index in [9.17, 15) is 19.2 Å². The normalized spacial score (nSPS) is 16.0. The van der Waals surface area contributed by atoms with Crippen LogP contribution in [-0.2, 0) is 38.1 Å². The Bertz CT molecular complexity index is 1110. The molecule has 0 N–H and O–H groups in total. The van der Waals surface area contributed by atoms with Gasteiger partial charge in [0.1, 0.15) is 22.4 Å². The van der Waals surface area contributed by atoms with Gasteiger partial charge in [-0.1, -0.05) is 103 Å². The number of esters is 4. The van der Waals surface area contributed by atoms with Crippen molar-refractivity contribution in [2.75, 3.05) is 52.4 Å². The molecule has 334 valence electrons. The fourth-order valence-electron chi connectivity index (χ4n) is 7.50. The maximum Gasteiger partial charge on any atom is 0.320 e. The summed E-state index contributed by atoms with van der Waals surface area (Å²) in [6, 6.07) is 0. The fraction of sp³-hybridized carbons (Fsp3) is 0.913. The first-order valence-electron chi connectivity index (χ1n) is 22.4. The Morgan fingerprint density at radius 2 is 0.737 bits per heavy atom. The van der Waals surface area contributed by atoms with Gasteiger partial charge in [0.25, 0.3) is 0 Å². The van der Waals surface area contributed by atoms with Gasteiger partial charge >= 0.3 is 23.9 Å². The molecule has 0 amide bonds. The molecule has 0 spiro atoms. The Morgan fingerprint density at radius 3 is 1.04 bits per heavy atom. The van der Waals surface area contributed by atoms with Crippen molar-refractivity contribution >= 4 is 23.9 Å². The standard InChI is InChI=1S/C46H87N3O8/c1-14-15-16-17-18-19-20-21-22-23-24-25-26-27-28-29-46(49(34-40(52)56-44(8,9)10)35-41(53)57-45(11,12)13)36-47(32-38(50)54-42(2,3)4)30-31-48(37-46)33-39(51)55-43(5,6)7/h14-37H2,1-13H3. The highest BCUT2D eigenvalue weighted by atomic mass is 16.6. The van der Waals surface area contributed by atoms with Crippen molar-refractivity contribution in [1.82, 2.24) is 14.7 Å². The summed E-state index contributed by atoms with van der Waals surface area (Å²) in [5.74, 6) is -1.61. The van der Waals surface area contributed by atoms with Crippen LogP contribution in [0.2, 0.25) is 0 Å². The van der Waals surface area contributed by atoms with Crippen molar-refractivity contribution in [3.63, 3.8) is 0 Å². The summed E-state index contributed by atoms with van der Waals surface area (Å²) in [5, 5.41) is 0. The largest absolute Gasteiger partial charge is 0.459 e. The Morgan fingerprint density at radius 1 is 0.456 bits per heavy atom. The van der Waals surface area contributed by atoms with Crippen molar-refractivity contribution < 1.29 is 38.1 Å². The quantitative estimate of drug-likeness (QED) is 0.0500. The molecular formula is C46H87N3O8. The first-order valence-corrected chi connectivity index (χ1v) is 22.4. The first-order chi connectivity index (χ1) is 26.3. The molecule has 1 aliphatic rings. The predicted octanol–water partition coefficient (Wildman–Crippen LogP) is 9.27. The van der Waals surface area contributed by atoms with E-state index in [0.29, 0.717) is 32.6 Å². The highest BCUT2D eigenvalue weighted by molar-refractivity contribution is 5.76. The van der Waals surface area contributed by atoms with Crippen molar-refractivity contribution in [2.24, 2.45) is 0 Å². The zero-order valence-electron chi connectivity index (χ0n) is 39.1. The van der Waals surface area contributed by atoms with E-state index >= 15 is 0 Å². The van der Waals surface area contributed by atoms with E-state index in [1.54, 1.807) is 0 Å². The van der Waals surface area contributed by atoms with Gasteiger partial charge in [-0.2, -0.15) is 0 Å². The van der Waals surface area contributed by atoms with Crippen LogP contribution in [0.1, 0.15) is 193 Å². The Hall–Kier alpha value is -2.24. The van der Waals surface area contributed by atoms with Gasteiger partial charge in [0, 0.05) is 31.7 Å². The molecule has 1 rings (SSSR count). The van der Waals surface area contributed by atoms with Crippen LogP contribution in [0, 0.1) is 0 Å². The third-order valence-corrected chi connectivity index (χ3v) is 9.71. The first kappa shape index (κ1) is 52.8. The van der Waals surface area contributed by atoms with Crippen molar-refractivity contribution in [3.8, 4) is 0 Å². The molecule has 1 saturated heterocycles. The maximum absolute atomic E-state index is 13.7. The molecule has 0 atom stereocenters. The monoisotopic (exact) mass is 810 g/mol. The average molecular weight is 810 g/mol. The maximum atomic E-state index is 13.7. The SMILES string of the molecule is CCCCCCCCCCCCCCCCCC1(N(CC(=O)OC(C)(C)C)CC(=O)OC(C)(C)C)CN(CC(=O)OC(C)(C)C)CCN(CC(=O)OC(C)(C)C)C1. The van der Waals surface area contributed by atoms with E-state index in [2.05, 4.69) is 6.92 Å². The molecule has 0 aromatic carbocycles. The molecule has 1 heterocycles. The van der Waals surface area contributed by atoms with Gasteiger partial charge in [-0.05, 0) is 89.5 Å². The van der Waals surface area contributed by atoms with Gasteiger partial charge in [-0.25, -0.2) is 0 Å². The van der Waals surface area contributed by atoms with Crippen LogP contribution < -0.4 is 0 Å². The van der Waals surface area contributed by atoms with Gasteiger partial charge in [0.05, 0.1) is 26.2 Å². The lowest BCUT2D eigenvalue weighted by Crippen LogP contribution is -2.62. The van der Waals surface area contributed by atoms with E-state index in [-0.39, 0.29) is 38.1 Å². The molecule has 0 aromatic rings. The molecule has 1 aliphatic heterocycles. The van der Waals surface area contributed by atoms with Crippen LogP contribution in [0.4, 0.5) is 0 Å². The molecule has 0 saturated carbocycles. The fourth-order valence-corrected chi connectivity index (χ4v) is 7.50. The summed E-state index contributed by atoms with van der Waals surface area (Å²) >= 11 is 0. The second kappa shape index (κ2) is 25.4. The van der Waals surface area contributed by atoms with E-state index in [1.165, 1.54) is 77.0 Å². The smallest absolute Gasteiger partial charge is 0.320 e. The number of unbranched alkanes of at least 4 members (excludes halogenated alkanes) is 14. The average Bonchev–Trinajstić information content (AvgIpc) is 3.18. The highest BCUT2D eigenvalue weighted by Crippen LogP contribution is 2.30. The van der Waals surface area contributed by atoms with Crippen molar-refractivity contribution in [3.05, 3.63) is 0 Å². The van der Waals surface area contributed by atoms with Gasteiger partial charge in [0.15, 0.2) is 0 Å². The summed E-state index contributed by atoms with van der Waals surface area (Å²) in [6.45, 7) is 25.8. The second-order valence-electron chi connectivity index (χ2n) is 20.5. The lowest BCUT2D eigenvalue weighted by atomic mass is 9.88. The molecule has 0 unspecified atom stereocenters. The predicted molar refractivity (Wildman–Crippen MR) is 230 cm³/mol. The molecule has 0 radical (unpaired) electrons. The third kappa shape index (κ3) is 27.2. The number of carbonyl (C=O) groups excluding carboxylic acids is 4. The van der Waals surface area contributed by atoms with Crippen LogP contribution in [0.25, 0.3) is 0 Å². The minimum absolute atomic E-state index is 0.0326. The van der Waals surface area contributed by atoms with E-state index < -0.39 is 39.9 Å². The number of carbonyl (C=O) groups is 4. The number of ether oxygens (including phenoxy) is 4. The van der Waals surface area contributed by atoms with Gasteiger partial charge in [-0.15, -0.1) is 0 Å². The van der Waals surface area contributed by atoms with Crippen LogP contribution in [0.15, 0.2) is 0 Å². The second-order valence-corrected chi connectivity index (χ2v) is 20.5. The molecule has 11 nitrogen and oxygen atoms in total. The summed E-state index contributed by atoms with van der Waals surface area (Å²) in [4.78, 5) is 59.9. The van der Waals surface area contributed by atoms with E-state index in [1.807, 2.05) is 97.8 Å². The minimum atomic E-state index is -0.828. The highest BCUT2D eigenvalue weighted by Gasteiger charge is 2.45. The Balaban J connectivity index is 3.37. The number of nitrogens with zero attached hydrogens (tertiary/aromatic N) is 3. The van der Waals surface area contributed by atoms with Crippen LogP contribution in [-0.4, -0.2) is 119 Å². The third-order valence-electron chi connectivity index (χ3n) is 9.71. The topological polar surface area (TPSA) is 115 Å². The lowest BCUT2D eigenvalue weighted by molar-refractivity contribution is -0.166. The van der Waals surface area contributed by atoms with E-state index in [4.69, 9.17) is 18.9 Å². The number of hydrogen-bond acceptors (Lipinski definition) is 11. The van der Waals surface area contributed by atoms with Crippen LogP contribution in [0.3, 0.4) is 0 Å². The molecule has 1 fully saturated rings. The van der Waals surface area contributed by atoms with Crippen molar-refractivity contribution in [1.29, 1.82) is 0 Å².